The highest BCUT2D eigenvalue weighted by Gasteiger charge is 2.31. The van der Waals surface area contributed by atoms with E-state index in [9.17, 15) is 13.2 Å². The van der Waals surface area contributed by atoms with Gasteiger partial charge in [0.25, 0.3) is 0 Å². The summed E-state index contributed by atoms with van der Waals surface area (Å²) in [6.45, 7) is 2.94. The summed E-state index contributed by atoms with van der Waals surface area (Å²) in [6, 6.07) is 2.02. The van der Waals surface area contributed by atoms with Gasteiger partial charge in [-0.2, -0.15) is 13.2 Å². The van der Waals surface area contributed by atoms with Gasteiger partial charge in [0.05, 0.1) is 3.79 Å². The van der Waals surface area contributed by atoms with Crippen molar-refractivity contribution in [1.82, 2.24) is 4.90 Å². The van der Waals surface area contributed by atoms with Crippen LogP contribution in [-0.4, -0.2) is 30.2 Å². The second-order valence-electron chi connectivity index (χ2n) is 5.28. The molecule has 0 aliphatic rings. The number of thiophene rings is 1. The zero-order valence-corrected chi connectivity index (χ0v) is 14.0. The van der Waals surface area contributed by atoms with Crippen LogP contribution in [0.15, 0.2) is 15.2 Å². The molecule has 7 heteroatoms. The Morgan fingerprint density at radius 1 is 1.35 bits per heavy atom. The number of hydrogen-bond acceptors (Lipinski definition) is 3. The molecule has 0 radical (unpaired) electrons. The van der Waals surface area contributed by atoms with Crippen molar-refractivity contribution in [3.05, 3.63) is 20.8 Å². The van der Waals surface area contributed by atoms with E-state index in [1.54, 1.807) is 11.3 Å². The molecule has 0 aromatic carbocycles. The van der Waals surface area contributed by atoms with Gasteiger partial charge in [0, 0.05) is 25.0 Å². The number of alkyl halides is 3. The van der Waals surface area contributed by atoms with Crippen molar-refractivity contribution >= 4 is 27.3 Å². The summed E-state index contributed by atoms with van der Waals surface area (Å²) >= 11 is 5.00. The first-order chi connectivity index (χ1) is 9.16. The molecule has 0 bridgehead atoms. The molecule has 0 amide bonds. The van der Waals surface area contributed by atoms with E-state index in [1.807, 2.05) is 30.3 Å². The van der Waals surface area contributed by atoms with E-state index in [1.165, 1.54) is 0 Å². The summed E-state index contributed by atoms with van der Waals surface area (Å²) in [4.78, 5) is 2.04. The lowest BCUT2D eigenvalue weighted by Gasteiger charge is -2.38. The fourth-order valence-corrected chi connectivity index (χ4v) is 3.21. The van der Waals surface area contributed by atoms with Gasteiger partial charge in [-0.25, -0.2) is 0 Å². The molecule has 0 aliphatic heterocycles. The molecule has 0 spiro atoms. The van der Waals surface area contributed by atoms with E-state index in [0.29, 0.717) is 19.5 Å². The van der Waals surface area contributed by atoms with Gasteiger partial charge in [0.1, 0.15) is 0 Å². The van der Waals surface area contributed by atoms with Crippen molar-refractivity contribution in [2.45, 2.75) is 44.4 Å². The Balaban J connectivity index is 2.57. The lowest BCUT2D eigenvalue weighted by Crippen LogP contribution is -2.49. The Kier molecular flexibility index (Phi) is 6.50. The summed E-state index contributed by atoms with van der Waals surface area (Å²) in [6.07, 6.45) is -4.30. The highest BCUT2D eigenvalue weighted by Crippen LogP contribution is 2.28. The zero-order valence-electron chi connectivity index (χ0n) is 11.6. The Morgan fingerprint density at radius 2 is 2.00 bits per heavy atom. The maximum Gasteiger partial charge on any atom is 0.389 e. The molecule has 0 saturated heterocycles. The van der Waals surface area contributed by atoms with Gasteiger partial charge < -0.3 is 5.73 Å². The molecular weight excluding hydrogens is 353 g/mol. The average molecular weight is 373 g/mol. The molecule has 1 unspecified atom stereocenters. The first-order valence-corrected chi connectivity index (χ1v) is 8.04. The second-order valence-corrected chi connectivity index (χ2v) is 7.58. The standard InChI is InChI=1S/C13H20BrF3N2S/c1-12(9-18,4-3-5-13(15,16)17)19(2)7-10-6-11(14)20-8-10/h6,8H,3-5,7,9,18H2,1-2H3. The third-order valence-corrected chi connectivity index (χ3v) is 5.13. The third-order valence-electron chi connectivity index (χ3n) is 3.58. The molecule has 1 aromatic heterocycles. The average Bonchev–Trinajstić information content (AvgIpc) is 2.72. The van der Waals surface area contributed by atoms with E-state index in [-0.39, 0.29) is 6.42 Å². The highest BCUT2D eigenvalue weighted by molar-refractivity contribution is 9.11. The number of nitrogens with zero attached hydrogens (tertiary/aromatic N) is 1. The molecule has 0 saturated carbocycles. The molecular formula is C13H20BrF3N2S. The Bertz CT molecular complexity index is 422. The quantitative estimate of drug-likeness (QED) is 0.768. The van der Waals surface area contributed by atoms with E-state index < -0.39 is 18.1 Å². The van der Waals surface area contributed by atoms with E-state index in [4.69, 9.17) is 5.73 Å². The van der Waals surface area contributed by atoms with Crippen LogP contribution >= 0.6 is 27.3 Å². The van der Waals surface area contributed by atoms with Gasteiger partial charge in [-0.3, -0.25) is 4.90 Å². The molecule has 116 valence electrons. The van der Waals surface area contributed by atoms with Crippen molar-refractivity contribution in [3.8, 4) is 0 Å². The molecule has 0 fully saturated rings. The van der Waals surface area contributed by atoms with Crippen molar-refractivity contribution in [2.75, 3.05) is 13.6 Å². The molecule has 1 heterocycles. The first-order valence-electron chi connectivity index (χ1n) is 6.37. The number of likely N-dealkylation sites (N-methyl/N-ethyl adjacent to an activating group) is 1. The third kappa shape index (κ3) is 5.71. The number of halogens is 4. The fraction of sp³-hybridized carbons (Fsp3) is 0.692. The monoisotopic (exact) mass is 372 g/mol. The molecule has 2 N–H and O–H groups in total. The van der Waals surface area contributed by atoms with Crippen LogP contribution in [0.2, 0.25) is 0 Å². The fourth-order valence-electron chi connectivity index (χ4n) is 2.01. The van der Waals surface area contributed by atoms with Crippen LogP contribution in [-0.2, 0) is 6.54 Å². The van der Waals surface area contributed by atoms with Crippen LogP contribution in [0.4, 0.5) is 13.2 Å². The maximum absolute atomic E-state index is 12.2. The van der Waals surface area contributed by atoms with E-state index in [2.05, 4.69) is 15.9 Å². The topological polar surface area (TPSA) is 29.3 Å². The maximum atomic E-state index is 12.2. The summed E-state index contributed by atoms with van der Waals surface area (Å²) in [7, 11) is 1.91. The van der Waals surface area contributed by atoms with Gasteiger partial charge >= 0.3 is 6.18 Å². The lowest BCUT2D eigenvalue weighted by molar-refractivity contribution is -0.136. The SMILES string of the molecule is CN(Cc1csc(Br)c1)C(C)(CN)CCCC(F)(F)F. The molecule has 0 aliphatic carbocycles. The zero-order chi connectivity index (χ0) is 15.4. The van der Waals surface area contributed by atoms with Crippen LogP contribution in [0.5, 0.6) is 0 Å². The molecule has 1 atom stereocenters. The summed E-state index contributed by atoms with van der Waals surface area (Å²) < 4.78 is 37.8. The molecule has 20 heavy (non-hydrogen) atoms. The van der Waals surface area contributed by atoms with E-state index in [0.717, 1.165) is 9.35 Å². The normalized spacial score (nSPS) is 15.6. The van der Waals surface area contributed by atoms with Gasteiger partial charge in [-0.1, -0.05) is 0 Å². The predicted molar refractivity (Wildman–Crippen MR) is 80.9 cm³/mol. The summed E-state index contributed by atoms with van der Waals surface area (Å²) in [5.41, 5.74) is 6.51. The lowest BCUT2D eigenvalue weighted by atomic mass is 9.92. The van der Waals surface area contributed by atoms with Crippen molar-refractivity contribution in [1.29, 1.82) is 0 Å². The van der Waals surface area contributed by atoms with Gasteiger partial charge in [-0.05, 0) is 59.8 Å². The Morgan fingerprint density at radius 3 is 2.45 bits per heavy atom. The van der Waals surface area contributed by atoms with Crippen LogP contribution < -0.4 is 5.73 Å². The van der Waals surface area contributed by atoms with Crippen molar-refractivity contribution in [3.63, 3.8) is 0 Å². The number of rotatable bonds is 7. The number of nitrogens with two attached hydrogens (primary N) is 1. The highest BCUT2D eigenvalue weighted by atomic mass is 79.9. The summed E-state index contributed by atoms with van der Waals surface area (Å²) in [5, 5.41) is 2.03. The van der Waals surface area contributed by atoms with Crippen LogP contribution in [0, 0.1) is 0 Å². The van der Waals surface area contributed by atoms with Gasteiger partial charge in [0.15, 0.2) is 0 Å². The van der Waals surface area contributed by atoms with Gasteiger partial charge in [-0.15, -0.1) is 11.3 Å². The van der Waals surface area contributed by atoms with Crippen molar-refractivity contribution in [2.24, 2.45) is 5.73 Å². The predicted octanol–water partition coefficient (Wildman–Crippen LogP) is 4.39. The Hall–Kier alpha value is -0.110. The van der Waals surface area contributed by atoms with E-state index >= 15 is 0 Å². The van der Waals surface area contributed by atoms with Crippen LogP contribution in [0.3, 0.4) is 0 Å². The summed E-state index contributed by atoms with van der Waals surface area (Å²) in [5.74, 6) is 0. The van der Waals surface area contributed by atoms with Crippen LogP contribution in [0.25, 0.3) is 0 Å². The van der Waals surface area contributed by atoms with Crippen molar-refractivity contribution < 1.29 is 13.2 Å². The van der Waals surface area contributed by atoms with Crippen LogP contribution in [0.1, 0.15) is 31.7 Å². The largest absolute Gasteiger partial charge is 0.389 e. The molecule has 1 rings (SSSR count). The second kappa shape index (κ2) is 7.24. The minimum absolute atomic E-state index is 0.106. The van der Waals surface area contributed by atoms with Gasteiger partial charge in [0.2, 0.25) is 0 Å². The minimum Gasteiger partial charge on any atom is -0.329 e. The molecule has 1 aromatic rings. The smallest absolute Gasteiger partial charge is 0.329 e. The molecule has 2 nitrogen and oxygen atoms in total. The first kappa shape index (κ1) is 17.9. The number of hydrogen-bond donors (Lipinski definition) is 1. The minimum atomic E-state index is -4.09. The Labute approximate surface area is 130 Å².